The third-order valence-corrected chi connectivity index (χ3v) is 5.45. The number of aliphatic carboxylic acids is 1. The Kier molecular flexibility index (Phi) is 5.86. The molecule has 1 aliphatic rings. The average Bonchev–Trinajstić information content (AvgIpc) is 2.93. The molecule has 0 bridgehead atoms. The van der Waals surface area contributed by atoms with Crippen LogP contribution in [-0.2, 0) is 14.8 Å². The number of alkyl halides is 3. The number of sulfonamides is 1. The van der Waals surface area contributed by atoms with E-state index in [9.17, 15) is 26.4 Å². The third-order valence-electron chi connectivity index (χ3n) is 3.62. The second-order valence-corrected chi connectivity index (χ2v) is 6.99. The van der Waals surface area contributed by atoms with Crippen LogP contribution < -0.4 is 0 Å². The molecule has 2 atom stereocenters. The van der Waals surface area contributed by atoms with E-state index in [0.29, 0.717) is 4.31 Å². The predicted octanol–water partition coefficient (Wildman–Crippen LogP) is 1.86. The second kappa shape index (κ2) is 6.96. The van der Waals surface area contributed by atoms with Gasteiger partial charge in [0.25, 0.3) is 0 Å². The number of halogens is 4. The van der Waals surface area contributed by atoms with Gasteiger partial charge in [0.2, 0.25) is 10.0 Å². The smallest absolute Gasteiger partial charge is 0.393 e. The van der Waals surface area contributed by atoms with Crippen molar-refractivity contribution in [2.24, 2.45) is 11.8 Å². The van der Waals surface area contributed by atoms with Gasteiger partial charge in [-0.25, -0.2) is 8.42 Å². The first-order valence-electron chi connectivity index (χ1n) is 6.37. The number of rotatable bonds is 3. The van der Waals surface area contributed by atoms with Gasteiger partial charge in [-0.05, 0) is 18.2 Å². The number of hydrogen-bond acceptors (Lipinski definition) is 4. The monoisotopic (exact) mass is 384 g/mol. The van der Waals surface area contributed by atoms with Crippen LogP contribution in [0.25, 0.3) is 0 Å². The maximum Gasteiger partial charge on any atom is 0.393 e. The maximum absolute atomic E-state index is 12.9. The molecule has 2 rings (SSSR count). The molecule has 132 valence electrons. The van der Waals surface area contributed by atoms with Gasteiger partial charge < -0.3 is 5.11 Å². The number of carboxylic acids is 1. The summed E-state index contributed by atoms with van der Waals surface area (Å²) in [6, 6.07) is 6.55. The van der Waals surface area contributed by atoms with E-state index in [1.807, 2.05) is 0 Å². The van der Waals surface area contributed by atoms with Gasteiger partial charge in [0.1, 0.15) is 0 Å². The van der Waals surface area contributed by atoms with Crippen molar-refractivity contribution in [3.05, 3.63) is 29.8 Å². The first-order chi connectivity index (χ1) is 10.6. The molecule has 1 aromatic carbocycles. The molecule has 0 saturated carbocycles. The first kappa shape index (κ1) is 20.2. The van der Waals surface area contributed by atoms with Crippen molar-refractivity contribution in [3.63, 3.8) is 0 Å². The summed E-state index contributed by atoms with van der Waals surface area (Å²) in [5, 5.41) is 17.7. The molecule has 11 heteroatoms. The summed E-state index contributed by atoms with van der Waals surface area (Å²) < 4.78 is 64.1. The van der Waals surface area contributed by atoms with Crippen LogP contribution in [-0.4, -0.2) is 43.1 Å². The Bertz CT molecular complexity index is 776. The Balaban J connectivity index is 0.00000288. The van der Waals surface area contributed by atoms with Crippen LogP contribution in [0.3, 0.4) is 0 Å². The van der Waals surface area contributed by atoms with Gasteiger partial charge in [0, 0.05) is 13.1 Å². The Morgan fingerprint density at radius 2 is 1.96 bits per heavy atom. The van der Waals surface area contributed by atoms with Crippen molar-refractivity contribution in [1.29, 1.82) is 5.26 Å². The molecule has 1 aliphatic heterocycles. The second-order valence-electron chi connectivity index (χ2n) is 5.05. The Labute approximate surface area is 141 Å². The summed E-state index contributed by atoms with van der Waals surface area (Å²) in [7, 11) is -4.31. The molecule has 0 radical (unpaired) electrons. The molecule has 1 N–H and O–H groups in total. The lowest BCUT2D eigenvalue weighted by atomic mass is 9.96. The van der Waals surface area contributed by atoms with Crippen LogP contribution in [0.1, 0.15) is 5.56 Å². The minimum absolute atomic E-state index is 0. The highest BCUT2D eigenvalue weighted by Gasteiger charge is 2.54. The molecular weight excluding hydrogens is 373 g/mol. The number of benzene rings is 1. The maximum atomic E-state index is 12.9. The van der Waals surface area contributed by atoms with Crippen LogP contribution >= 0.6 is 12.4 Å². The molecule has 6 nitrogen and oxygen atoms in total. The Morgan fingerprint density at radius 1 is 1.33 bits per heavy atom. The largest absolute Gasteiger partial charge is 0.481 e. The fourth-order valence-corrected chi connectivity index (χ4v) is 3.96. The zero-order valence-corrected chi connectivity index (χ0v) is 13.5. The Morgan fingerprint density at radius 3 is 2.42 bits per heavy atom. The van der Waals surface area contributed by atoms with Crippen LogP contribution in [0.5, 0.6) is 0 Å². The van der Waals surface area contributed by atoms with Crippen molar-refractivity contribution >= 4 is 28.4 Å². The molecule has 0 unspecified atom stereocenters. The SMILES string of the molecule is Cl.N#Cc1cccc(S(=O)(=O)N2C[C@@H](C(F)(F)F)[C@H](C(=O)O)C2)c1. The molecule has 24 heavy (non-hydrogen) atoms. The van der Waals surface area contributed by atoms with Crippen LogP contribution in [0.4, 0.5) is 13.2 Å². The van der Waals surface area contributed by atoms with E-state index in [-0.39, 0.29) is 22.9 Å². The number of nitrogens with zero attached hydrogens (tertiary/aromatic N) is 2. The third kappa shape index (κ3) is 3.80. The summed E-state index contributed by atoms with van der Waals surface area (Å²) >= 11 is 0. The van der Waals surface area contributed by atoms with Crippen LogP contribution in [0.15, 0.2) is 29.2 Å². The van der Waals surface area contributed by atoms with Crippen LogP contribution in [0, 0.1) is 23.2 Å². The van der Waals surface area contributed by atoms with Gasteiger partial charge in [-0.1, -0.05) is 6.07 Å². The van der Waals surface area contributed by atoms with Crippen molar-refractivity contribution in [3.8, 4) is 6.07 Å². The molecule has 1 saturated heterocycles. The fourth-order valence-electron chi connectivity index (χ4n) is 2.42. The predicted molar refractivity (Wildman–Crippen MR) is 77.8 cm³/mol. The highest BCUT2D eigenvalue weighted by Crippen LogP contribution is 2.39. The topological polar surface area (TPSA) is 98.5 Å². The standard InChI is InChI=1S/C13H11F3N2O4S.ClH/c14-13(15,16)11-7-18(6-10(11)12(19)20)23(21,22)9-3-1-2-8(4-9)5-17;/h1-4,10-11H,6-7H2,(H,19,20);1H/t10-,11-;/m1./s1. The van der Waals surface area contributed by atoms with Crippen molar-refractivity contribution in [2.75, 3.05) is 13.1 Å². The minimum Gasteiger partial charge on any atom is -0.481 e. The lowest BCUT2D eigenvalue weighted by Gasteiger charge is -2.18. The van der Waals surface area contributed by atoms with E-state index in [1.165, 1.54) is 12.1 Å². The van der Waals surface area contributed by atoms with E-state index in [2.05, 4.69) is 0 Å². The highest BCUT2D eigenvalue weighted by molar-refractivity contribution is 7.89. The molecular formula is C13H12ClF3N2O4S. The molecule has 0 aliphatic carbocycles. The van der Waals surface area contributed by atoms with E-state index in [0.717, 1.165) is 12.1 Å². The number of carbonyl (C=O) groups is 1. The van der Waals surface area contributed by atoms with Gasteiger partial charge in [0.05, 0.1) is 28.4 Å². The lowest BCUT2D eigenvalue weighted by molar-refractivity contribution is -0.187. The van der Waals surface area contributed by atoms with Gasteiger partial charge in [-0.15, -0.1) is 12.4 Å². The minimum atomic E-state index is -4.82. The summed E-state index contributed by atoms with van der Waals surface area (Å²) in [4.78, 5) is 10.7. The zero-order chi connectivity index (χ0) is 17.4. The molecule has 1 fully saturated rings. The lowest BCUT2D eigenvalue weighted by Crippen LogP contribution is -2.34. The summed E-state index contributed by atoms with van der Waals surface area (Å²) in [5.41, 5.74) is 0.0347. The van der Waals surface area contributed by atoms with Gasteiger partial charge in [0.15, 0.2) is 0 Å². The molecule has 0 amide bonds. The Hall–Kier alpha value is -1.83. The number of nitriles is 1. The van der Waals surface area contributed by atoms with Crippen molar-refractivity contribution < 1.29 is 31.5 Å². The number of hydrogen-bond donors (Lipinski definition) is 1. The molecule has 1 heterocycles. The molecule has 1 aromatic rings. The quantitative estimate of drug-likeness (QED) is 0.857. The summed E-state index contributed by atoms with van der Waals surface area (Å²) in [5.74, 6) is -5.83. The van der Waals surface area contributed by atoms with Gasteiger partial charge >= 0.3 is 12.1 Å². The number of carboxylic acid groups (broad SMARTS) is 1. The zero-order valence-electron chi connectivity index (χ0n) is 11.9. The highest BCUT2D eigenvalue weighted by atomic mass is 35.5. The van der Waals surface area contributed by atoms with Crippen molar-refractivity contribution in [1.82, 2.24) is 4.31 Å². The van der Waals surface area contributed by atoms with E-state index in [1.54, 1.807) is 6.07 Å². The fraction of sp³-hybridized carbons (Fsp3) is 0.385. The van der Waals surface area contributed by atoms with Crippen LogP contribution in [0.2, 0.25) is 0 Å². The van der Waals surface area contributed by atoms with Gasteiger partial charge in [-0.2, -0.15) is 22.7 Å². The molecule has 0 aromatic heterocycles. The van der Waals surface area contributed by atoms with Gasteiger partial charge in [-0.3, -0.25) is 4.79 Å². The average molecular weight is 385 g/mol. The van der Waals surface area contributed by atoms with Crippen molar-refractivity contribution in [2.45, 2.75) is 11.1 Å². The first-order valence-corrected chi connectivity index (χ1v) is 7.81. The summed E-state index contributed by atoms with van der Waals surface area (Å²) in [6.07, 6.45) is -4.82. The van der Waals surface area contributed by atoms with E-state index >= 15 is 0 Å². The molecule has 0 spiro atoms. The summed E-state index contributed by atoms with van der Waals surface area (Å²) in [6.45, 7) is -1.72. The van der Waals surface area contributed by atoms with E-state index < -0.39 is 47.1 Å². The normalized spacial score (nSPS) is 21.8. The van der Waals surface area contributed by atoms with E-state index in [4.69, 9.17) is 10.4 Å².